The van der Waals surface area contributed by atoms with Crippen molar-refractivity contribution >= 4 is 35.0 Å². The van der Waals surface area contributed by atoms with Gasteiger partial charge in [0.1, 0.15) is 11.2 Å². The van der Waals surface area contributed by atoms with E-state index in [0.29, 0.717) is 22.7 Å². The molecule has 4 nitrogen and oxygen atoms in total. The predicted molar refractivity (Wildman–Crippen MR) is 108 cm³/mol. The van der Waals surface area contributed by atoms with E-state index in [1.54, 1.807) is 24.0 Å². The van der Waals surface area contributed by atoms with Crippen molar-refractivity contribution in [2.45, 2.75) is 33.1 Å². The van der Waals surface area contributed by atoms with Gasteiger partial charge in [0.25, 0.3) is 0 Å². The minimum Gasteiger partial charge on any atom is -0.326 e. The number of benzene rings is 2. The summed E-state index contributed by atoms with van der Waals surface area (Å²) in [5.74, 6) is -0.134. The summed E-state index contributed by atoms with van der Waals surface area (Å²) < 4.78 is 14.0. The van der Waals surface area contributed by atoms with Crippen LogP contribution in [-0.2, 0) is 9.59 Å². The van der Waals surface area contributed by atoms with Crippen LogP contribution in [0.3, 0.4) is 0 Å². The van der Waals surface area contributed by atoms with Crippen LogP contribution in [-0.4, -0.2) is 17.6 Å². The van der Waals surface area contributed by atoms with E-state index in [1.807, 2.05) is 45.0 Å². The van der Waals surface area contributed by atoms with Crippen molar-refractivity contribution in [2.24, 2.45) is 5.41 Å². The Morgan fingerprint density at radius 1 is 1.22 bits per heavy atom. The van der Waals surface area contributed by atoms with Gasteiger partial charge in [0.15, 0.2) is 0 Å². The van der Waals surface area contributed by atoms with Gasteiger partial charge in [0.05, 0.1) is 5.75 Å². The van der Waals surface area contributed by atoms with Gasteiger partial charge in [-0.3, -0.25) is 14.5 Å². The summed E-state index contributed by atoms with van der Waals surface area (Å²) in [4.78, 5) is 26.3. The lowest BCUT2D eigenvalue weighted by atomic mass is 9.95. The van der Waals surface area contributed by atoms with Gasteiger partial charge in [-0.05, 0) is 42.3 Å². The first kappa shape index (κ1) is 19.4. The third kappa shape index (κ3) is 4.16. The van der Waals surface area contributed by atoms with Crippen molar-refractivity contribution in [2.75, 3.05) is 16.0 Å². The van der Waals surface area contributed by atoms with Gasteiger partial charge < -0.3 is 5.32 Å². The highest BCUT2D eigenvalue weighted by molar-refractivity contribution is 8.00. The number of halogens is 1. The van der Waals surface area contributed by atoms with Crippen LogP contribution >= 0.6 is 11.8 Å². The Kier molecular flexibility index (Phi) is 5.29. The fourth-order valence-corrected chi connectivity index (χ4v) is 3.94. The summed E-state index contributed by atoms with van der Waals surface area (Å²) in [6.07, 6.45) is 0. The first-order valence-electron chi connectivity index (χ1n) is 8.78. The summed E-state index contributed by atoms with van der Waals surface area (Å²) in [5.41, 5.74) is 2.16. The van der Waals surface area contributed by atoms with Crippen molar-refractivity contribution in [1.29, 1.82) is 0 Å². The van der Waals surface area contributed by atoms with Crippen molar-refractivity contribution in [3.63, 3.8) is 0 Å². The van der Waals surface area contributed by atoms with Gasteiger partial charge in [0.2, 0.25) is 11.8 Å². The molecule has 1 heterocycles. The van der Waals surface area contributed by atoms with Gasteiger partial charge in [-0.1, -0.05) is 39.0 Å². The Hall–Kier alpha value is -2.34. The monoisotopic (exact) mass is 386 g/mol. The molecule has 0 spiro atoms. The third-order valence-electron chi connectivity index (χ3n) is 4.41. The van der Waals surface area contributed by atoms with E-state index in [-0.39, 0.29) is 23.0 Å². The summed E-state index contributed by atoms with van der Waals surface area (Å²) in [6, 6.07) is 12.3. The molecule has 0 saturated carbocycles. The zero-order valence-corrected chi connectivity index (χ0v) is 16.7. The van der Waals surface area contributed by atoms with Crippen LogP contribution in [0.1, 0.15) is 37.3 Å². The second kappa shape index (κ2) is 7.35. The number of anilines is 2. The molecule has 0 unspecified atom stereocenters. The first-order chi connectivity index (χ1) is 12.7. The van der Waals surface area contributed by atoms with E-state index in [4.69, 9.17) is 0 Å². The predicted octanol–water partition coefficient (Wildman–Crippen LogP) is 4.90. The van der Waals surface area contributed by atoms with Gasteiger partial charge >= 0.3 is 0 Å². The Bertz CT molecular complexity index is 892. The molecule has 1 saturated heterocycles. The Labute approximate surface area is 163 Å². The van der Waals surface area contributed by atoms with Gasteiger partial charge in [-0.2, -0.15) is 0 Å². The molecule has 1 atom stereocenters. The number of carbonyl (C=O) groups excluding carboxylic acids is 2. The van der Waals surface area contributed by atoms with Crippen LogP contribution in [0.5, 0.6) is 0 Å². The maximum absolute atomic E-state index is 14.0. The van der Waals surface area contributed by atoms with E-state index in [9.17, 15) is 14.0 Å². The van der Waals surface area contributed by atoms with Crippen molar-refractivity contribution in [3.8, 4) is 0 Å². The Balaban J connectivity index is 1.90. The van der Waals surface area contributed by atoms with Crippen LogP contribution < -0.4 is 10.2 Å². The highest BCUT2D eigenvalue weighted by Crippen LogP contribution is 2.42. The van der Waals surface area contributed by atoms with Crippen molar-refractivity contribution in [3.05, 3.63) is 59.4 Å². The number of hydrogen-bond donors (Lipinski definition) is 1. The maximum Gasteiger partial charge on any atom is 0.238 e. The van der Waals surface area contributed by atoms with E-state index in [1.165, 1.54) is 17.8 Å². The number of aryl methyl sites for hydroxylation is 1. The molecule has 2 amide bonds. The van der Waals surface area contributed by atoms with Crippen LogP contribution in [0.25, 0.3) is 0 Å². The van der Waals surface area contributed by atoms with Crippen LogP contribution in [0, 0.1) is 18.2 Å². The quantitative estimate of drug-likeness (QED) is 0.816. The molecule has 1 aliphatic heterocycles. The molecule has 1 fully saturated rings. The standard InChI is InChI=1S/C21H23FN2O2S/c1-13-8-9-16(11-17(13)22)24-18(25)12-27-19(24)14-6-5-7-15(10-14)23-20(26)21(2,3)4/h5-11,19H,12H2,1-4H3,(H,23,26)/t19-/m1/s1. The number of hydrogen-bond acceptors (Lipinski definition) is 3. The summed E-state index contributed by atoms with van der Waals surface area (Å²) in [7, 11) is 0. The number of thioether (sulfide) groups is 1. The average Bonchev–Trinajstić information content (AvgIpc) is 2.98. The van der Waals surface area contributed by atoms with Crippen LogP contribution in [0.15, 0.2) is 42.5 Å². The number of nitrogens with one attached hydrogen (secondary N) is 1. The average molecular weight is 386 g/mol. The second-order valence-corrected chi connectivity index (χ2v) is 8.76. The largest absolute Gasteiger partial charge is 0.326 e. The number of rotatable bonds is 3. The highest BCUT2D eigenvalue weighted by atomic mass is 32.2. The SMILES string of the molecule is Cc1ccc(N2C(=O)CS[C@@H]2c2cccc(NC(=O)C(C)(C)C)c2)cc1F. The zero-order chi connectivity index (χ0) is 19.8. The van der Waals surface area contributed by atoms with Crippen LogP contribution in [0.4, 0.5) is 15.8 Å². The van der Waals surface area contributed by atoms with Crippen LogP contribution in [0.2, 0.25) is 0 Å². The number of nitrogens with zero attached hydrogens (tertiary/aromatic N) is 1. The fraction of sp³-hybridized carbons (Fsp3) is 0.333. The molecule has 0 aromatic heterocycles. The summed E-state index contributed by atoms with van der Waals surface area (Å²) in [6.45, 7) is 7.25. The summed E-state index contributed by atoms with van der Waals surface area (Å²) in [5, 5.41) is 2.66. The number of amides is 2. The van der Waals surface area contributed by atoms with E-state index < -0.39 is 5.41 Å². The smallest absolute Gasteiger partial charge is 0.238 e. The van der Waals surface area contributed by atoms with E-state index in [0.717, 1.165) is 5.56 Å². The molecular weight excluding hydrogens is 363 g/mol. The second-order valence-electron chi connectivity index (χ2n) is 7.69. The molecule has 0 radical (unpaired) electrons. The molecule has 142 valence electrons. The molecule has 27 heavy (non-hydrogen) atoms. The fourth-order valence-electron chi connectivity index (χ4n) is 2.77. The molecule has 1 aliphatic rings. The molecule has 0 aliphatic carbocycles. The van der Waals surface area contributed by atoms with Gasteiger partial charge in [0, 0.05) is 16.8 Å². The minimum absolute atomic E-state index is 0.0580. The van der Waals surface area contributed by atoms with E-state index in [2.05, 4.69) is 5.32 Å². The third-order valence-corrected chi connectivity index (χ3v) is 5.62. The molecule has 6 heteroatoms. The normalized spacial score (nSPS) is 17.3. The lowest BCUT2D eigenvalue weighted by Gasteiger charge is -2.25. The Morgan fingerprint density at radius 3 is 2.63 bits per heavy atom. The van der Waals surface area contributed by atoms with Crippen molar-refractivity contribution in [1.82, 2.24) is 0 Å². The van der Waals surface area contributed by atoms with E-state index >= 15 is 0 Å². The molecule has 2 aromatic rings. The maximum atomic E-state index is 14.0. The Morgan fingerprint density at radius 2 is 1.96 bits per heavy atom. The molecule has 1 N–H and O–H groups in total. The van der Waals surface area contributed by atoms with Gasteiger partial charge in [-0.25, -0.2) is 4.39 Å². The highest BCUT2D eigenvalue weighted by Gasteiger charge is 2.34. The minimum atomic E-state index is -0.500. The molecule has 3 rings (SSSR count). The number of carbonyl (C=O) groups is 2. The molecule has 0 bridgehead atoms. The first-order valence-corrected chi connectivity index (χ1v) is 9.83. The van der Waals surface area contributed by atoms with Gasteiger partial charge in [-0.15, -0.1) is 11.8 Å². The summed E-state index contributed by atoms with van der Waals surface area (Å²) >= 11 is 1.49. The zero-order valence-electron chi connectivity index (χ0n) is 15.9. The van der Waals surface area contributed by atoms with Crippen molar-refractivity contribution < 1.29 is 14.0 Å². The lowest BCUT2D eigenvalue weighted by Crippen LogP contribution is -2.29. The lowest BCUT2D eigenvalue weighted by molar-refractivity contribution is -0.123. The molecule has 2 aromatic carbocycles. The topological polar surface area (TPSA) is 49.4 Å². The molecular formula is C21H23FN2O2S.